The van der Waals surface area contributed by atoms with Gasteiger partial charge in [-0.3, -0.25) is 0 Å². The maximum atomic E-state index is 10.0. The Morgan fingerprint density at radius 1 is 1.18 bits per heavy atom. The topological polar surface area (TPSA) is 97.8 Å². The van der Waals surface area contributed by atoms with Crippen molar-refractivity contribution in [2.24, 2.45) is 0 Å². The van der Waals surface area contributed by atoms with E-state index in [2.05, 4.69) is 51.8 Å². The van der Waals surface area contributed by atoms with Crippen LogP contribution in [0.3, 0.4) is 0 Å². The summed E-state index contributed by atoms with van der Waals surface area (Å²) in [4.78, 5) is 12.0. The first-order valence-corrected chi connectivity index (χ1v) is 9.97. The van der Waals surface area contributed by atoms with Gasteiger partial charge in [0.2, 0.25) is 0 Å². The fourth-order valence-electron chi connectivity index (χ4n) is 3.76. The molecule has 9 heteroatoms. The van der Waals surface area contributed by atoms with Crippen LogP contribution < -0.4 is 4.90 Å². The summed E-state index contributed by atoms with van der Waals surface area (Å²) in [7, 11) is 0. The van der Waals surface area contributed by atoms with E-state index in [1.165, 1.54) is 0 Å². The first-order valence-electron chi connectivity index (χ1n) is 9.97. The van der Waals surface area contributed by atoms with Crippen LogP contribution in [0.25, 0.3) is 11.0 Å². The molecule has 9 nitrogen and oxygen atoms in total. The molecule has 5 rings (SSSR count). The molecule has 1 N–H and O–H groups in total. The number of hydrogen-bond acceptors (Lipinski definition) is 7. The zero-order valence-electron chi connectivity index (χ0n) is 16.6. The highest BCUT2D eigenvalue weighted by atomic mass is 16.3. The van der Waals surface area contributed by atoms with Crippen molar-refractivity contribution in [2.75, 3.05) is 18.0 Å². The molecule has 1 saturated carbocycles. The molecule has 0 radical (unpaired) electrons. The van der Waals surface area contributed by atoms with Crippen molar-refractivity contribution >= 4 is 16.9 Å². The van der Waals surface area contributed by atoms with Crippen LogP contribution in [0.15, 0.2) is 12.3 Å². The Hall–Kier alpha value is -2.55. The van der Waals surface area contributed by atoms with Gasteiger partial charge in [-0.2, -0.15) is 0 Å². The van der Waals surface area contributed by atoms with Crippen molar-refractivity contribution in [1.29, 1.82) is 0 Å². The molecular weight excluding hydrogens is 356 g/mol. The molecule has 148 valence electrons. The lowest BCUT2D eigenvalue weighted by atomic mass is 9.95. The largest absolute Gasteiger partial charge is 0.391 e. The standard InChI is InChI=1S/C19H26N8O/c1-19(2,3)18-20-16(25-8-6-13(28)10-25)14-7-9-26(17(14)21-18)11-15-22-23-24-27(15)12-4-5-12/h7,9,12-13,28H,4-6,8,10-11H2,1-3H3. The number of nitrogens with zero attached hydrogens (tertiary/aromatic N) is 8. The highest BCUT2D eigenvalue weighted by molar-refractivity contribution is 5.88. The molecule has 28 heavy (non-hydrogen) atoms. The predicted octanol–water partition coefficient (Wildman–Crippen LogP) is 1.67. The van der Waals surface area contributed by atoms with Crippen LogP contribution in [-0.2, 0) is 12.0 Å². The van der Waals surface area contributed by atoms with Crippen LogP contribution in [0.5, 0.6) is 0 Å². The number of aliphatic hydroxyl groups excluding tert-OH is 1. The van der Waals surface area contributed by atoms with Gasteiger partial charge < -0.3 is 14.6 Å². The zero-order chi connectivity index (χ0) is 19.5. The van der Waals surface area contributed by atoms with E-state index in [0.717, 1.165) is 54.3 Å². The molecule has 3 aromatic rings. The number of fused-ring (bicyclic) bond motifs is 1. The van der Waals surface area contributed by atoms with Crippen LogP contribution in [-0.4, -0.2) is 59.0 Å². The van der Waals surface area contributed by atoms with Gasteiger partial charge in [-0.05, 0) is 35.8 Å². The van der Waals surface area contributed by atoms with Crippen molar-refractivity contribution < 1.29 is 5.11 Å². The van der Waals surface area contributed by atoms with Gasteiger partial charge in [0.15, 0.2) is 5.82 Å². The fourth-order valence-corrected chi connectivity index (χ4v) is 3.76. The molecule has 1 unspecified atom stereocenters. The van der Waals surface area contributed by atoms with Gasteiger partial charge in [0.1, 0.15) is 17.3 Å². The van der Waals surface area contributed by atoms with E-state index in [1.54, 1.807) is 0 Å². The highest BCUT2D eigenvalue weighted by Gasteiger charge is 2.29. The van der Waals surface area contributed by atoms with E-state index < -0.39 is 0 Å². The van der Waals surface area contributed by atoms with E-state index in [-0.39, 0.29) is 11.5 Å². The molecular formula is C19H26N8O. The van der Waals surface area contributed by atoms with Crippen LogP contribution in [0.4, 0.5) is 5.82 Å². The van der Waals surface area contributed by atoms with E-state index >= 15 is 0 Å². The molecule has 4 heterocycles. The second-order valence-corrected chi connectivity index (χ2v) is 8.96. The van der Waals surface area contributed by atoms with Gasteiger partial charge >= 0.3 is 0 Å². The van der Waals surface area contributed by atoms with E-state index in [1.807, 2.05) is 10.9 Å². The summed E-state index contributed by atoms with van der Waals surface area (Å²) in [6, 6.07) is 2.50. The Morgan fingerprint density at radius 2 is 2.00 bits per heavy atom. The minimum Gasteiger partial charge on any atom is -0.391 e. The van der Waals surface area contributed by atoms with E-state index in [0.29, 0.717) is 19.1 Å². The number of tetrazole rings is 1. The van der Waals surface area contributed by atoms with Gasteiger partial charge in [0, 0.05) is 24.7 Å². The Kier molecular flexibility index (Phi) is 3.90. The number of anilines is 1. The summed E-state index contributed by atoms with van der Waals surface area (Å²) >= 11 is 0. The summed E-state index contributed by atoms with van der Waals surface area (Å²) in [5.74, 6) is 2.57. The van der Waals surface area contributed by atoms with Crippen LogP contribution in [0, 0.1) is 0 Å². The Balaban J connectivity index is 1.60. The summed E-state index contributed by atoms with van der Waals surface area (Å²) in [5.41, 5.74) is 0.716. The summed E-state index contributed by atoms with van der Waals surface area (Å²) in [5, 5.41) is 23.3. The Morgan fingerprint density at radius 3 is 2.68 bits per heavy atom. The third kappa shape index (κ3) is 3.03. The quantitative estimate of drug-likeness (QED) is 0.733. The summed E-state index contributed by atoms with van der Waals surface area (Å²) in [6.07, 6.45) is 4.79. The summed E-state index contributed by atoms with van der Waals surface area (Å²) < 4.78 is 4.04. The summed E-state index contributed by atoms with van der Waals surface area (Å²) in [6.45, 7) is 8.37. The van der Waals surface area contributed by atoms with Gasteiger partial charge in [0.05, 0.1) is 24.1 Å². The lowest BCUT2D eigenvalue weighted by Gasteiger charge is -2.23. The molecule has 3 aromatic heterocycles. The van der Waals surface area contributed by atoms with Crippen molar-refractivity contribution in [3.05, 3.63) is 23.9 Å². The Labute approximate surface area is 163 Å². The zero-order valence-corrected chi connectivity index (χ0v) is 16.6. The molecule has 0 bridgehead atoms. The first kappa shape index (κ1) is 17.5. The van der Waals surface area contributed by atoms with Gasteiger partial charge in [-0.25, -0.2) is 14.6 Å². The number of aliphatic hydroxyl groups is 1. The molecule has 1 aliphatic carbocycles. The van der Waals surface area contributed by atoms with Gasteiger partial charge in [0.25, 0.3) is 0 Å². The number of rotatable bonds is 4. The van der Waals surface area contributed by atoms with E-state index in [9.17, 15) is 5.11 Å². The van der Waals surface area contributed by atoms with E-state index in [4.69, 9.17) is 9.97 Å². The Bertz CT molecular complexity index is 1010. The molecule has 2 fully saturated rings. The van der Waals surface area contributed by atoms with Crippen molar-refractivity contribution in [3.8, 4) is 0 Å². The third-order valence-corrected chi connectivity index (χ3v) is 5.50. The molecule has 1 saturated heterocycles. The van der Waals surface area contributed by atoms with Gasteiger partial charge in [-0.15, -0.1) is 5.10 Å². The minimum absolute atomic E-state index is 0.175. The van der Waals surface area contributed by atoms with Crippen LogP contribution in [0.1, 0.15) is 57.7 Å². The molecule has 1 atom stereocenters. The highest BCUT2D eigenvalue weighted by Crippen LogP contribution is 2.35. The molecule has 0 amide bonds. The fraction of sp³-hybridized carbons (Fsp3) is 0.632. The lowest BCUT2D eigenvalue weighted by molar-refractivity contribution is 0.198. The average Bonchev–Trinajstić information content (AvgIpc) is 3.03. The van der Waals surface area contributed by atoms with Crippen molar-refractivity contribution in [3.63, 3.8) is 0 Å². The SMILES string of the molecule is CC(C)(C)c1nc(N2CCC(O)C2)c2ccn(Cc3nnnn3C3CC3)c2n1. The maximum absolute atomic E-state index is 10.0. The number of aromatic nitrogens is 7. The number of β-amino-alcohol motifs (C(OH)–C–C–N with tert-alkyl or cyclic N) is 1. The van der Waals surface area contributed by atoms with Crippen molar-refractivity contribution in [2.45, 2.75) is 64.1 Å². The maximum Gasteiger partial charge on any atom is 0.171 e. The lowest BCUT2D eigenvalue weighted by Crippen LogP contribution is -2.25. The second kappa shape index (κ2) is 6.23. The molecule has 0 spiro atoms. The van der Waals surface area contributed by atoms with Gasteiger partial charge in [-0.1, -0.05) is 20.8 Å². The third-order valence-electron chi connectivity index (χ3n) is 5.50. The first-order chi connectivity index (χ1) is 13.4. The normalized spacial score (nSPS) is 20.4. The smallest absolute Gasteiger partial charge is 0.171 e. The van der Waals surface area contributed by atoms with Crippen LogP contribution in [0.2, 0.25) is 0 Å². The molecule has 2 aliphatic rings. The second-order valence-electron chi connectivity index (χ2n) is 8.96. The molecule has 1 aliphatic heterocycles. The minimum atomic E-state index is -0.298. The molecule has 0 aromatic carbocycles. The van der Waals surface area contributed by atoms with Crippen molar-refractivity contribution in [1.82, 2.24) is 34.7 Å². The monoisotopic (exact) mass is 382 g/mol. The average molecular weight is 382 g/mol. The predicted molar refractivity (Wildman–Crippen MR) is 104 cm³/mol. The number of hydrogen-bond donors (Lipinski definition) is 1. The van der Waals surface area contributed by atoms with Crippen LogP contribution >= 0.6 is 0 Å².